The summed E-state index contributed by atoms with van der Waals surface area (Å²) in [7, 11) is 1.61. The predicted molar refractivity (Wildman–Crippen MR) is 135 cm³/mol. The average molecular weight is 498 g/mol. The summed E-state index contributed by atoms with van der Waals surface area (Å²) >= 11 is 6.38. The molecule has 7 nitrogen and oxygen atoms in total. The van der Waals surface area contributed by atoms with Crippen molar-refractivity contribution >= 4 is 23.4 Å². The molecular formula is C26H29ClFN5O2. The Kier molecular flexibility index (Phi) is 8.15. The lowest BCUT2D eigenvalue weighted by Crippen LogP contribution is -2.52. The highest BCUT2D eigenvalue weighted by atomic mass is 35.5. The molecule has 1 aliphatic rings. The monoisotopic (exact) mass is 497 g/mol. The quantitative estimate of drug-likeness (QED) is 0.519. The van der Waals surface area contributed by atoms with Gasteiger partial charge >= 0.3 is 6.03 Å². The Morgan fingerprint density at radius 3 is 2.46 bits per heavy atom. The number of ether oxygens (including phenoxy) is 1. The molecule has 184 valence electrons. The first-order chi connectivity index (χ1) is 17.0. The second-order valence-corrected chi connectivity index (χ2v) is 8.69. The molecule has 4 rings (SSSR count). The summed E-state index contributed by atoms with van der Waals surface area (Å²) in [6.07, 6.45) is 0.227. The van der Waals surface area contributed by atoms with Crippen molar-refractivity contribution in [1.82, 2.24) is 20.2 Å². The van der Waals surface area contributed by atoms with Crippen molar-refractivity contribution in [3.8, 4) is 11.4 Å². The van der Waals surface area contributed by atoms with E-state index in [9.17, 15) is 9.18 Å². The molecule has 0 bridgehead atoms. The van der Waals surface area contributed by atoms with Crippen LogP contribution in [0.25, 0.3) is 11.4 Å². The van der Waals surface area contributed by atoms with E-state index in [1.165, 1.54) is 6.07 Å². The van der Waals surface area contributed by atoms with E-state index in [4.69, 9.17) is 26.3 Å². The van der Waals surface area contributed by atoms with Crippen molar-refractivity contribution in [3.05, 3.63) is 76.2 Å². The average Bonchev–Trinajstić information content (AvgIpc) is 2.87. The first kappa shape index (κ1) is 24.9. The molecule has 2 heterocycles. The second-order valence-electron chi connectivity index (χ2n) is 8.28. The van der Waals surface area contributed by atoms with Gasteiger partial charge in [-0.05, 0) is 19.1 Å². The highest BCUT2D eigenvalue weighted by molar-refractivity contribution is 6.31. The number of aromatic nitrogens is 2. The van der Waals surface area contributed by atoms with Gasteiger partial charge in [0, 0.05) is 68.0 Å². The molecule has 35 heavy (non-hydrogen) atoms. The minimum absolute atomic E-state index is 0.0711. The van der Waals surface area contributed by atoms with Gasteiger partial charge in [0.1, 0.15) is 11.6 Å². The number of nitrogens with one attached hydrogen (secondary N) is 1. The van der Waals surface area contributed by atoms with Crippen molar-refractivity contribution in [3.63, 3.8) is 0 Å². The normalized spacial score (nSPS) is 13.7. The van der Waals surface area contributed by atoms with E-state index in [-0.39, 0.29) is 24.9 Å². The van der Waals surface area contributed by atoms with Crippen molar-refractivity contribution in [1.29, 1.82) is 0 Å². The number of halogens is 2. The summed E-state index contributed by atoms with van der Waals surface area (Å²) < 4.78 is 20.2. The van der Waals surface area contributed by atoms with Crippen molar-refractivity contribution in [2.75, 3.05) is 44.7 Å². The van der Waals surface area contributed by atoms with Gasteiger partial charge in [0.2, 0.25) is 0 Å². The molecule has 0 aliphatic carbocycles. The fourth-order valence-corrected chi connectivity index (χ4v) is 4.42. The van der Waals surface area contributed by atoms with Crippen LogP contribution >= 0.6 is 11.6 Å². The molecule has 0 radical (unpaired) electrons. The van der Waals surface area contributed by atoms with E-state index in [1.54, 1.807) is 24.1 Å². The summed E-state index contributed by atoms with van der Waals surface area (Å²) in [5.74, 6) is 0.906. The number of hydrogen-bond donors (Lipinski definition) is 1. The van der Waals surface area contributed by atoms with E-state index >= 15 is 0 Å². The zero-order valence-electron chi connectivity index (χ0n) is 19.9. The molecule has 1 aliphatic heterocycles. The predicted octanol–water partition coefficient (Wildman–Crippen LogP) is 4.52. The molecule has 1 saturated heterocycles. The van der Waals surface area contributed by atoms with Gasteiger partial charge in [-0.1, -0.05) is 48.0 Å². The van der Waals surface area contributed by atoms with Gasteiger partial charge in [0.25, 0.3) is 0 Å². The fraction of sp³-hybridized carbons (Fsp3) is 0.346. The maximum atomic E-state index is 14.8. The largest absolute Gasteiger partial charge is 0.378 e. The van der Waals surface area contributed by atoms with Crippen LogP contribution in [0, 0.1) is 5.82 Å². The molecular weight excluding hydrogens is 469 g/mol. The van der Waals surface area contributed by atoms with E-state index in [1.807, 2.05) is 37.3 Å². The van der Waals surface area contributed by atoms with Gasteiger partial charge < -0.3 is 19.9 Å². The van der Waals surface area contributed by atoms with Crippen LogP contribution in [-0.4, -0.2) is 60.7 Å². The number of amides is 2. The summed E-state index contributed by atoms with van der Waals surface area (Å²) in [5, 5.41) is 3.21. The number of benzene rings is 2. The Balaban J connectivity index is 1.77. The Labute approximate surface area is 209 Å². The lowest BCUT2D eigenvalue weighted by atomic mass is 10.0. The number of carbonyl (C=O) groups excluding carboxylic acids is 1. The van der Waals surface area contributed by atoms with Gasteiger partial charge in [-0.2, -0.15) is 0 Å². The van der Waals surface area contributed by atoms with Gasteiger partial charge in [-0.3, -0.25) is 0 Å². The highest BCUT2D eigenvalue weighted by Crippen LogP contribution is 2.31. The number of anilines is 1. The number of methoxy groups -OCH3 is 1. The van der Waals surface area contributed by atoms with Crippen LogP contribution in [0.1, 0.15) is 23.7 Å². The molecule has 1 fully saturated rings. The SMILES string of the molecule is CCNC(=O)N1CCN(c2nc(-c3ccccc3)nc(COC)c2Cc2c(F)cccc2Cl)CC1. The smallest absolute Gasteiger partial charge is 0.317 e. The fourth-order valence-electron chi connectivity index (χ4n) is 4.19. The molecule has 0 spiro atoms. The van der Waals surface area contributed by atoms with Gasteiger partial charge in [0.05, 0.1) is 12.3 Å². The highest BCUT2D eigenvalue weighted by Gasteiger charge is 2.27. The van der Waals surface area contributed by atoms with Gasteiger partial charge in [-0.25, -0.2) is 19.2 Å². The van der Waals surface area contributed by atoms with Gasteiger partial charge in [0.15, 0.2) is 5.82 Å². The number of rotatable bonds is 7. The minimum Gasteiger partial charge on any atom is -0.378 e. The van der Waals surface area contributed by atoms with Crippen LogP contribution in [0.4, 0.5) is 15.0 Å². The van der Waals surface area contributed by atoms with Crippen LogP contribution in [-0.2, 0) is 17.8 Å². The molecule has 0 unspecified atom stereocenters. The number of nitrogens with zero attached hydrogens (tertiary/aromatic N) is 4. The van der Waals surface area contributed by atoms with E-state index < -0.39 is 0 Å². The third-order valence-electron chi connectivity index (χ3n) is 5.99. The minimum atomic E-state index is -0.375. The lowest BCUT2D eigenvalue weighted by molar-refractivity contribution is 0.180. The molecule has 3 aromatic rings. The maximum Gasteiger partial charge on any atom is 0.317 e. The summed E-state index contributed by atoms with van der Waals surface area (Å²) in [6.45, 7) is 5.01. The first-order valence-corrected chi connectivity index (χ1v) is 12.0. The van der Waals surface area contributed by atoms with E-state index in [0.29, 0.717) is 60.6 Å². The van der Waals surface area contributed by atoms with Crippen LogP contribution in [0.2, 0.25) is 5.02 Å². The van der Waals surface area contributed by atoms with Crippen molar-refractivity contribution in [2.45, 2.75) is 20.0 Å². The Morgan fingerprint density at radius 1 is 1.06 bits per heavy atom. The molecule has 1 aromatic heterocycles. The topological polar surface area (TPSA) is 70.6 Å². The summed E-state index contributed by atoms with van der Waals surface area (Å²) in [4.78, 5) is 26.0. The summed E-state index contributed by atoms with van der Waals surface area (Å²) in [5.41, 5.74) is 2.72. The van der Waals surface area contributed by atoms with Gasteiger partial charge in [-0.15, -0.1) is 0 Å². The summed E-state index contributed by atoms with van der Waals surface area (Å²) in [6, 6.07) is 14.3. The van der Waals surface area contributed by atoms with Crippen molar-refractivity contribution in [2.24, 2.45) is 0 Å². The maximum absolute atomic E-state index is 14.8. The van der Waals surface area contributed by atoms with Crippen LogP contribution < -0.4 is 10.2 Å². The number of hydrogen-bond acceptors (Lipinski definition) is 5. The Bertz CT molecular complexity index is 1150. The number of urea groups is 1. The third kappa shape index (κ3) is 5.71. The molecule has 1 N–H and O–H groups in total. The Hall–Kier alpha value is -3.23. The van der Waals surface area contributed by atoms with Crippen LogP contribution in [0.5, 0.6) is 0 Å². The van der Waals surface area contributed by atoms with Crippen LogP contribution in [0.15, 0.2) is 48.5 Å². The Morgan fingerprint density at radius 2 is 1.80 bits per heavy atom. The molecule has 2 amide bonds. The number of carbonyl (C=O) groups is 1. The standard InChI is InChI=1S/C26H29ClFN5O2/c1-3-29-26(34)33-14-12-32(13-15-33)25-20(16-19-21(27)10-7-11-22(19)28)23(17-35-2)30-24(31-25)18-8-5-4-6-9-18/h4-11H,3,12-17H2,1-2H3,(H,29,34). The molecule has 0 saturated carbocycles. The molecule has 0 atom stereocenters. The van der Waals surface area contributed by atoms with E-state index in [0.717, 1.165) is 11.1 Å². The molecule has 2 aromatic carbocycles. The second kappa shape index (κ2) is 11.5. The lowest BCUT2D eigenvalue weighted by Gasteiger charge is -2.36. The molecule has 9 heteroatoms. The first-order valence-electron chi connectivity index (χ1n) is 11.7. The van der Waals surface area contributed by atoms with Crippen LogP contribution in [0.3, 0.4) is 0 Å². The zero-order chi connectivity index (χ0) is 24.8. The zero-order valence-corrected chi connectivity index (χ0v) is 20.7. The van der Waals surface area contributed by atoms with E-state index in [2.05, 4.69) is 10.2 Å². The third-order valence-corrected chi connectivity index (χ3v) is 6.35. The van der Waals surface area contributed by atoms with Crippen molar-refractivity contribution < 1.29 is 13.9 Å². The number of piperazine rings is 1.